The van der Waals surface area contributed by atoms with Gasteiger partial charge in [-0.05, 0) is 67.2 Å². The molecule has 0 saturated carbocycles. The summed E-state index contributed by atoms with van der Waals surface area (Å²) in [6, 6.07) is 4.97. The summed E-state index contributed by atoms with van der Waals surface area (Å²) in [6.07, 6.45) is 5.68. The fraction of sp³-hybridized carbons (Fsp3) is 0.375. The molecular weight excluding hydrogens is 468 g/mol. The Morgan fingerprint density at radius 1 is 1.32 bits per heavy atom. The summed E-state index contributed by atoms with van der Waals surface area (Å²) in [4.78, 5) is 12.9. The zero-order chi connectivity index (χ0) is 23.3. The number of hydrogen-bond donors (Lipinski definition) is 1. The number of halogens is 3. The van der Waals surface area contributed by atoms with Crippen molar-refractivity contribution in [3.8, 4) is 5.75 Å². The van der Waals surface area contributed by atoms with Crippen molar-refractivity contribution >= 4 is 15.9 Å². The topological polar surface area (TPSA) is 51.5 Å². The number of aryl methyl sites for hydroxylation is 1. The van der Waals surface area contributed by atoms with E-state index < -0.39 is 17.2 Å². The molecule has 1 aromatic heterocycles. The molecule has 2 rings (SSSR count). The number of benzene rings is 1. The summed E-state index contributed by atoms with van der Waals surface area (Å²) in [5, 5.41) is 10.2. The van der Waals surface area contributed by atoms with Crippen LogP contribution in [0.1, 0.15) is 39.0 Å². The predicted octanol–water partition coefficient (Wildman–Crippen LogP) is 5.69. The molecule has 0 aliphatic rings. The highest BCUT2D eigenvalue weighted by Gasteiger charge is 2.17. The van der Waals surface area contributed by atoms with Crippen molar-refractivity contribution in [3.63, 3.8) is 0 Å². The molecule has 0 fully saturated rings. The lowest BCUT2D eigenvalue weighted by Gasteiger charge is -2.20. The van der Waals surface area contributed by atoms with Gasteiger partial charge in [-0.3, -0.25) is 4.79 Å². The molecule has 0 aliphatic heterocycles. The maximum absolute atomic E-state index is 13.8. The number of aromatic nitrogens is 1. The fourth-order valence-electron chi connectivity index (χ4n) is 3.11. The van der Waals surface area contributed by atoms with Crippen LogP contribution < -0.4 is 10.3 Å². The van der Waals surface area contributed by atoms with E-state index in [2.05, 4.69) is 15.9 Å². The number of pyridine rings is 1. The Kier molecular flexibility index (Phi) is 8.37. The standard InChI is InChI=1S/C24H28BrF2NO3/c1-6-18(24(4,5)30)9-7-15(2)13-28-16(3)11-21(22(25)23(28)29)31-14-17-8-10-19(26)12-20(17)27/h6-12,15,30H,13-14H2,1-5H3/b9-7-,18-6+. The van der Waals surface area contributed by atoms with Crippen LogP contribution in [0, 0.1) is 24.5 Å². The predicted molar refractivity (Wildman–Crippen MR) is 122 cm³/mol. The van der Waals surface area contributed by atoms with Crippen LogP contribution in [0.25, 0.3) is 0 Å². The monoisotopic (exact) mass is 495 g/mol. The van der Waals surface area contributed by atoms with Crippen LogP contribution in [0.2, 0.25) is 0 Å². The number of aliphatic hydroxyl groups is 1. The molecule has 0 aliphatic carbocycles. The Hall–Kier alpha value is -2.25. The lowest BCUT2D eigenvalue weighted by molar-refractivity contribution is 0.123. The second-order valence-corrected chi connectivity index (χ2v) is 8.84. The van der Waals surface area contributed by atoms with Gasteiger partial charge in [-0.15, -0.1) is 0 Å². The van der Waals surface area contributed by atoms with Crippen LogP contribution in [0.15, 0.2) is 57.3 Å². The number of ether oxygens (including phenoxy) is 1. The third-order valence-corrected chi connectivity index (χ3v) is 5.64. The third-order valence-electron chi connectivity index (χ3n) is 4.91. The average Bonchev–Trinajstić information content (AvgIpc) is 2.67. The molecule has 1 aromatic carbocycles. The van der Waals surface area contributed by atoms with Crippen molar-refractivity contribution in [2.24, 2.45) is 5.92 Å². The van der Waals surface area contributed by atoms with E-state index in [1.54, 1.807) is 31.4 Å². The minimum Gasteiger partial charge on any atom is -0.487 e. The molecular formula is C24H28BrF2NO3. The van der Waals surface area contributed by atoms with Gasteiger partial charge in [0, 0.05) is 29.9 Å². The van der Waals surface area contributed by atoms with E-state index in [9.17, 15) is 18.7 Å². The SMILES string of the molecule is C/C=C(\C=C/C(C)Cn1c(C)cc(OCc2ccc(F)cc2F)c(Br)c1=O)C(C)(C)O. The lowest BCUT2D eigenvalue weighted by atomic mass is 9.96. The third kappa shape index (κ3) is 6.61. The largest absolute Gasteiger partial charge is 0.487 e. The van der Waals surface area contributed by atoms with Crippen LogP contribution >= 0.6 is 15.9 Å². The summed E-state index contributed by atoms with van der Waals surface area (Å²) >= 11 is 3.29. The van der Waals surface area contributed by atoms with Crippen molar-refractivity contribution in [2.75, 3.05) is 0 Å². The summed E-state index contributed by atoms with van der Waals surface area (Å²) in [6.45, 7) is 9.40. The first-order valence-corrected chi connectivity index (χ1v) is 10.8. The second-order valence-electron chi connectivity index (χ2n) is 8.04. The molecule has 0 spiro atoms. The summed E-state index contributed by atoms with van der Waals surface area (Å²) < 4.78 is 34.4. The Labute approximate surface area is 190 Å². The zero-order valence-corrected chi connectivity index (χ0v) is 20.0. The highest BCUT2D eigenvalue weighted by atomic mass is 79.9. The van der Waals surface area contributed by atoms with E-state index in [0.29, 0.717) is 18.0 Å². The van der Waals surface area contributed by atoms with Gasteiger partial charge in [-0.2, -0.15) is 0 Å². The van der Waals surface area contributed by atoms with Gasteiger partial charge < -0.3 is 14.4 Å². The summed E-state index contributed by atoms with van der Waals surface area (Å²) in [5.41, 5.74) is 0.478. The minimum absolute atomic E-state index is 0.0284. The highest BCUT2D eigenvalue weighted by molar-refractivity contribution is 9.10. The van der Waals surface area contributed by atoms with E-state index in [0.717, 1.165) is 17.7 Å². The van der Waals surface area contributed by atoms with Crippen molar-refractivity contribution in [3.05, 3.63) is 85.8 Å². The Morgan fingerprint density at radius 3 is 2.58 bits per heavy atom. The molecule has 168 valence electrons. The normalized spacial score (nSPS) is 13.6. The van der Waals surface area contributed by atoms with E-state index in [-0.39, 0.29) is 28.1 Å². The van der Waals surface area contributed by atoms with Crippen LogP contribution in [-0.2, 0) is 13.2 Å². The number of nitrogens with zero attached hydrogens (tertiary/aromatic N) is 1. The molecule has 0 bridgehead atoms. The average molecular weight is 496 g/mol. The first-order chi connectivity index (χ1) is 14.4. The molecule has 1 heterocycles. The maximum atomic E-state index is 13.8. The zero-order valence-electron chi connectivity index (χ0n) is 18.4. The Bertz CT molecular complexity index is 1050. The maximum Gasteiger partial charge on any atom is 0.268 e. The molecule has 0 amide bonds. The van der Waals surface area contributed by atoms with E-state index in [4.69, 9.17) is 4.74 Å². The molecule has 31 heavy (non-hydrogen) atoms. The van der Waals surface area contributed by atoms with Crippen molar-refractivity contribution in [2.45, 2.75) is 53.4 Å². The van der Waals surface area contributed by atoms with Crippen LogP contribution in [-0.4, -0.2) is 15.3 Å². The van der Waals surface area contributed by atoms with E-state index in [1.165, 1.54) is 6.07 Å². The van der Waals surface area contributed by atoms with Gasteiger partial charge in [0.25, 0.3) is 5.56 Å². The van der Waals surface area contributed by atoms with Crippen LogP contribution in [0.3, 0.4) is 0 Å². The molecule has 4 nitrogen and oxygen atoms in total. The smallest absolute Gasteiger partial charge is 0.268 e. The number of allylic oxidation sites excluding steroid dienone is 2. The molecule has 1 atom stereocenters. The van der Waals surface area contributed by atoms with Gasteiger partial charge in [0.15, 0.2) is 0 Å². The van der Waals surface area contributed by atoms with Gasteiger partial charge in [0.1, 0.15) is 28.5 Å². The molecule has 7 heteroatoms. The summed E-state index contributed by atoms with van der Waals surface area (Å²) in [7, 11) is 0. The molecule has 0 saturated heterocycles. The highest BCUT2D eigenvalue weighted by Crippen LogP contribution is 2.25. The molecule has 1 unspecified atom stereocenters. The first kappa shape index (κ1) is 25.0. The molecule has 2 aromatic rings. The van der Waals surface area contributed by atoms with Crippen molar-refractivity contribution in [1.29, 1.82) is 0 Å². The summed E-state index contributed by atoms with van der Waals surface area (Å²) in [5.74, 6) is -1.04. The number of hydrogen-bond acceptors (Lipinski definition) is 3. The van der Waals surface area contributed by atoms with Gasteiger partial charge in [0.2, 0.25) is 0 Å². The fourth-order valence-corrected chi connectivity index (χ4v) is 3.55. The first-order valence-electron chi connectivity index (χ1n) is 9.98. The molecule has 1 N–H and O–H groups in total. The second kappa shape index (κ2) is 10.4. The Balaban J connectivity index is 2.18. The van der Waals surface area contributed by atoms with Gasteiger partial charge in [-0.25, -0.2) is 8.78 Å². The van der Waals surface area contributed by atoms with Crippen molar-refractivity contribution < 1.29 is 18.6 Å². The quantitative estimate of drug-likeness (QED) is 0.478. The van der Waals surface area contributed by atoms with Crippen LogP contribution in [0.5, 0.6) is 5.75 Å². The van der Waals surface area contributed by atoms with Crippen LogP contribution in [0.4, 0.5) is 8.78 Å². The van der Waals surface area contributed by atoms with E-state index >= 15 is 0 Å². The van der Waals surface area contributed by atoms with Gasteiger partial charge >= 0.3 is 0 Å². The van der Waals surface area contributed by atoms with Gasteiger partial charge in [0.05, 0.1) is 5.60 Å². The number of rotatable bonds is 8. The Morgan fingerprint density at radius 2 is 2.00 bits per heavy atom. The van der Waals surface area contributed by atoms with Gasteiger partial charge in [-0.1, -0.05) is 25.2 Å². The minimum atomic E-state index is -0.941. The van der Waals surface area contributed by atoms with Crippen molar-refractivity contribution in [1.82, 2.24) is 4.57 Å². The molecule has 0 radical (unpaired) electrons. The lowest BCUT2D eigenvalue weighted by Crippen LogP contribution is -2.26. The van der Waals surface area contributed by atoms with E-state index in [1.807, 2.05) is 32.1 Å².